The number of nitrogens with zero attached hydrogens (tertiary/aromatic N) is 4. The average molecular weight is 436 g/mol. The summed E-state index contributed by atoms with van der Waals surface area (Å²) in [4.78, 5) is 16.7. The first kappa shape index (κ1) is 19.7. The van der Waals surface area contributed by atoms with E-state index in [0.29, 0.717) is 5.92 Å². The minimum atomic E-state index is 0.542. The molecule has 5 aromatic heterocycles. The summed E-state index contributed by atoms with van der Waals surface area (Å²) < 4.78 is 0. The molecule has 1 aliphatic rings. The van der Waals surface area contributed by atoms with Crippen LogP contribution in [0.2, 0.25) is 0 Å². The molecule has 164 valence electrons. The van der Waals surface area contributed by atoms with Gasteiger partial charge < -0.3 is 10.3 Å². The Hall–Kier alpha value is -4.00. The van der Waals surface area contributed by atoms with Gasteiger partial charge in [0, 0.05) is 57.9 Å². The van der Waals surface area contributed by atoms with Gasteiger partial charge in [0.25, 0.3) is 0 Å². The molecule has 0 atom stereocenters. The molecule has 1 saturated carbocycles. The van der Waals surface area contributed by atoms with Crippen LogP contribution in [0.25, 0.3) is 44.5 Å². The number of anilines is 1. The Morgan fingerprint density at radius 3 is 2.73 bits per heavy atom. The minimum absolute atomic E-state index is 0.542. The monoisotopic (exact) mass is 435 g/mol. The second kappa shape index (κ2) is 8.16. The molecule has 0 spiro atoms. The van der Waals surface area contributed by atoms with Gasteiger partial charge in [-0.2, -0.15) is 5.10 Å². The summed E-state index contributed by atoms with van der Waals surface area (Å²) in [5.41, 5.74) is 7.58. The summed E-state index contributed by atoms with van der Waals surface area (Å²) in [6.45, 7) is 4.30. The lowest BCUT2D eigenvalue weighted by molar-refractivity contribution is 0.405. The van der Waals surface area contributed by atoms with Crippen molar-refractivity contribution in [3.8, 4) is 22.5 Å². The maximum Gasteiger partial charge on any atom is 0.155 e. The third-order valence-electron chi connectivity index (χ3n) is 6.57. The molecule has 3 N–H and O–H groups in total. The first-order valence-corrected chi connectivity index (χ1v) is 11.4. The highest BCUT2D eigenvalue weighted by Crippen LogP contribution is 2.32. The Balaban J connectivity index is 1.32. The van der Waals surface area contributed by atoms with Gasteiger partial charge in [-0.25, -0.2) is 4.98 Å². The van der Waals surface area contributed by atoms with Crippen molar-refractivity contribution in [3.05, 3.63) is 67.5 Å². The smallest absolute Gasteiger partial charge is 0.155 e. The Kier molecular flexibility index (Phi) is 4.87. The number of aromatic nitrogens is 6. The van der Waals surface area contributed by atoms with Crippen LogP contribution in [-0.4, -0.2) is 30.1 Å². The predicted molar refractivity (Wildman–Crippen MR) is 132 cm³/mol. The van der Waals surface area contributed by atoms with Gasteiger partial charge in [-0.1, -0.05) is 25.8 Å². The van der Waals surface area contributed by atoms with E-state index in [1.807, 2.05) is 30.9 Å². The molecule has 0 bridgehead atoms. The molecule has 1 aliphatic carbocycles. The van der Waals surface area contributed by atoms with Crippen LogP contribution in [0.4, 0.5) is 5.69 Å². The van der Waals surface area contributed by atoms with Gasteiger partial charge in [-0.05, 0) is 43.0 Å². The fraction of sp³-hybridized carbons (Fsp3) is 0.231. The molecule has 5 heterocycles. The lowest BCUT2D eigenvalue weighted by atomic mass is 9.87. The van der Waals surface area contributed by atoms with E-state index in [9.17, 15) is 0 Å². The molecule has 5 aromatic rings. The summed E-state index contributed by atoms with van der Waals surface area (Å²) in [6.07, 6.45) is 15.5. The van der Waals surface area contributed by atoms with Crippen molar-refractivity contribution in [1.29, 1.82) is 0 Å². The lowest BCUT2D eigenvalue weighted by Gasteiger charge is -2.24. The normalized spacial score (nSPS) is 14.7. The SMILES string of the molecule is C=C(Nc1cncc(-c2cnc3[nH]nc(-c4cc5cnccc5[nH]4)c3c2)c1)C1CCCCC1. The Morgan fingerprint density at radius 2 is 1.85 bits per heavy atom. The number of H-pyrrole nitrogens is 2. The first-order valence-electron chi connectivity index (χ1n) is 11.4. The van der Waals surface area contributed by atoms with Crippen LogP contribution in [0.3, 0.4) is 0 Å². The zero-order chi connectivity index (χ0) is 22.2. The fourth-order valence-corrected chi connectivity index (χ4v) is 4.77. The largest absolute Gasteiger partial charge is 0.358 e. The Bertz CT molecular complexity index is 1420. The van der Waals surface area contributed by atoms with Crippen molar-refractivity contribution in [1.82, 2.24) is 30.1 Å². The summed E-state index contributed by atoms with van der Waals surface area (Å²) >= 11 is 0. The van der Waals surface area contributed by atoms with Gasteiger partial charge in [-0.3, -0.25) is 15.1 Å². The lowest BCUT2D eigenvalue weighted by Crippen LogP contribution is -2.14. The molecule has 0 unspecified atom stereocenters. The minimum Gasteiger partial charge on any atom is -0.358 e. The van der Waals surface area contributed by atoms with E-state index in [0.717, 1.165) is 55.8 Å². The van der Waals surface area contributed by atoms with Crippen LogP contribution in [0.15, 0.2) is 67.5 Å². The van der Waals surface area contributed by atoms with E-state index in [1.165, 1.54) is 32.1 Å². The van der Waals surface area contributed by atoms with Crippen molar-refractivity contribution < 1.29 is 0 Å². The van der Waals surface area contributed by atoms with Gasteiger partial charge in [0.2, 0.25) is 0 Å². The van der Waals surface area contributed by atoms with Crippen LogP contribution in [0.5, 0.6) is 0 Å². The van der Waals surface area contributed by atoms with Crippen LogP contribution >= 0.6 is 0 Å². The second-order valence-electron chi connectivity index (χ2n) is 8.79. The molecule has 0 radical (unpaired) electrons. The number of allylic oxidation sites excluding steroid dienone is 1. The van der Waals surface area contributed by atoms with E-state index >= 15 is 0 Å². The molecule has 0 aliphatic heterocycles. The zero-order valence-electron chi connectivity index (χ0n) is 18.3. The van der Waals surface area contributed by atoms with Gasteiger partial charge in [0.1, 0.15) is 5.69 Å². The molecule has 0 saturated heterocycles. The van der Waals surface area contributed by atoms with E-state index in [1.54, 1.807) is 6.20 Å². The molecular weight excluding hydrogens is 410 g/mol. The van der Waals surface area contributed by atoms with Gasteiger partial charge in [-0.15, -0.1) is 0 Å². The maximum absolute atomic E-state index is 4.61. The van der Waals surface area contributed by atoms with Crippen molar-refractivity contribution in [2.24, 2.45) is 5.92 Å². The highest BCUT2D eigenvalue weighted by atomic mass is 15.2. The number of hydrogen-bond acceptors (Lipinski definition) is 5. The second-order valence-corrected chi connectivity index (χ2v) is 8.79. The fourth-order valence-electron chi connectivity index (χ4n) is 4.77. The Morgan fingerprint density at radius 1 is 0.970 bits per heavy atom. The molecule has 7 heteroatoms. The topological polar surface area (TPSA) is 95.2 Å². The summed E-state index contributed by atoms with van der Waals surface area (Å²) in [6, 6.07) is 8.25. The van der Waals surface area contributed by atoms with E-state index in [4.69, 9.17) is 0 Å². The van der Waals surface area contributed by atoms with E-state index in [2.05, 4.69) is 60.2 Å². The quantitative estimate of drug-likeness (QED) is 0.311. The van der Waals surface area contributed by atoms with Crippen molar-refractivity contribution in [2.45, 2.75) is 32.1 Å². The molecule has 0 amide bonds. The van der Waals surface area contributed by atoms with E-state index in [-0.39, 0.29) is 0 Å². The molecular formula is C26H25N7. The number of nitrogens with one attached hydrogen (secondary N) is 3. The predicted octanol–water partition coefficient (Wildman–Crippen LogP) is 6.07. The van der Waals surface area contributed by atoms with Crippen LogP contribution in [-0.2, 0) is 0 Å². The summed E-state index contributed by atoms with van der Waals surface area (Å²) in [5.74, 6) is 0.542. The van der Waals surface area contributed by atoms with Crippen molar-refractivity contribution in [3.63, 3.8) is 0 Å². The number of aromatic amines is 2. The van der Waals surface area contributed by atoms with E-state index < -0.39 is 0 Å². The van der Waals surface area contributed by atoms with Crippen molar-refractivity contribution in [2.75, 3.05) is 5.32 Å². The van der Waals surface area contributed by atoms with Gasteiger partial charge in [0.15, 0.2) is 5.65 Å². The zero-order valence-corrected chi connectivity index (χ0v) is 18.3. The Labute approximate surface area is 191 Å². The highest BCUT2D eigenvalue weighted by molar-refractivity contribution is 5.95. The molecule has 7 nitrogen and oxygen atoms in total. The van der Waals surface area contributed by atoms with Crippen LogP contribution in [0.1, 0.15) is 32.1 Å². The first-order chi connectivity index (χ1) is 16.2. The van der Waals surface area contributed by atoms with Gasteiger partial charge >= 0.3 is 0 Å². The molecule has 1 fully saturated rings. The van der Waals surface area contributed by atoms with Crippen molar-refractivity contribution >= 4 is 27.6 Å². The molecule has 0 aromatic carbocycles. The summed E-state index contributed by atoms with van der Waals surface area (Å²) in [5, 5.41) is 13.1. The number of hydrogen-bond donors (Lipinski definition) is 3. The van der Waals surface area contributed by atoms with Crippen LogP contribution < -0.4 is 5.32 Å². The third-order valence-corrected chi connectivity index (χ3v) is 6.57. The molecule has 33 heavy (non-hydrogen) atoms. The third kappa shape index (κ3) is 3.75. The number of pyridine rings is 3. The maximum atomic E-state index is 4.61. The number of fused-ring (bicyclic) bond motifs is 2. The highest BCUT2D eigenvalue weighted by Gasteiger charge is 2.17. The standard InChI is InChI=1S/C26H25N7/c1-16(17-5-3-2-4-6-17)30-21-9-18(12-28-15-21)19-10-22-25(32-33-26(22)29-14-19)24-11-20-13-27-8-7-23(20)31-24/h7-15,17,30-31H,1-6H2,(H,29,32,33). The summed E-state index contributed by atoms with van der Waals surface area (Å²) in [7, 11) is 0. The van der Waals surface area contributed by atoms with Gasteiger partial charge in [0.05, 0.1) is 17.6 Å². The van der Waals surface area contributed by atoms with Crippen LogP contribution in [0, 0.1) is 5.92 Å². The number of rotatable bonds is 5. The molecule has 6 rings (SSSR count). The average Bonchev–Trinajstić information content (AvgIpc) is 3.48.